The molecule has 2 rings (SSSR count). The second-order valence-corrected chi connectivity index (χ2v) is 5.68. The molecule has 0 bridgehead atoms. The molecule has 5 nitrogen and oxygen atoms in total. The first-order valence-electron chi connectivity index (χ1n) is 7.97. The molecule has 2 aromatic carbocycles. The number of methoxy groups -OCH3 is 1. The zero-order valence-corrected chi connectivity index (χ0v) is 15.3. The highest BCUT2D eigenvalue weighted by Crippen LogP contribution is 2.26. The van der Waals surface area contributed by atoms with Crippen LogP contribution in [0.2, 0.25) is 0 Å². The summed E-state index contributed by atoms with van der Waals surface area (Å²) in [6.45, 7) is 3.52. The summed E-state index contributed by atoms with van der Waals surface area (Å²) in [5.74, 6) is 1.48. The van der Waals surface area contributed by atoms with Gasteiger partial charge in [0, 0.05) is 24.6 Å². The van der Waals surface area contributed by atoms with Gasteiger partial charge in [0.15, 0.2) is 11.5 Å². The van der Waals surface area contributed by atoms with Crippen molar-refractivity contribution in [2.24, 2.45) is 11.7 Å². The fourth-order valence-corrected chi connectivity index (χ4v) is 2.19. The van der Waals surface area contributed by atoms with Gasteiger partial charge in [0.2, 0.25) is 0 Å². The van der Waals surface area contributed by atoms with E-state index in [1.807, 2.05) is 43.3 Å². The number of nitrogens with one attached hydrogen (secondary N) is 1. The van der Waals surface area contributed by atoms with Gasteiger partial charge in [0.05, 0.1) is 13.7 Å². The maximum absolute atomic E-state index is 12.1. The van der Waals surface area contributed by atoms with Gasteiger partial charge in [0.1, 0.15) is 0 Å². The molecule has 0 aromatic heterocycles. The Hall–Kier alpha value is -2.24. The van der Waals surface area contributed by atoms with Gasteiger partial charge < -0.3 is 20.5 Å². The molecule has 0 fully saturated rings. The number of hydrogen-bond donors (Lipinski definition) is 2. The number of ether oxygens (including phenoxy) is 2. The minimum absolute atomic E-state index is 0. The summed E-state index contributed by atoms with van der Waals surface area (Å²) in [7, 11) is 1.61. The molecule has 0 heterocycles. The van der Waals surface area contributed by atoms with Gasteiger partial charge in [-0.3, -0.25) is 4.79 Å². The van der Waals surface area contributed by atoms with Crippen molar-refractivity contribution in [2.45, 2.75) is 13.5 Å². The fourth-order valence-electron chi connectivity index (χ4n) is 2.19. The van der Waals surface area contributed by atoms with Gasteiger partial charge in [-0.25, -0.2) is 0 Å². The molecular formula is C19H25ClN2O3. The summed E-state index contributed by atoms with van der Waals surface area (Å²) in [6, 6.07) is 14.8. The smallest absolute Gasteiger partial charge is 0.251 e. The second-order valence-electron chi connectivity index (χ2n) is 5.68. The minimum Gasteiger partial charge on any atom is -0.493 e. The Morgan fingerprint density at radius 2 is 1.76 bits per heavy atom. The van der Waals surface area contributed by atoms with Gasteiger partial charge in [-0.05, 0) is 29.8 Å². The molecule has 0 aliphatic rings. The Morgan fingerprint density at radius 3 is 2.36 bits per heavy atom. The van der Waals surface area contributed by atoms with E-state index in [2.05, 4.69) is 5.32 Å². The second kappa shape index (κ2) is 10.6. The molecule has 1 atom stereocenters. The Balaban J connectivity index is 0.00000312. The van der Waals surface area contributed by atoms with Gasteiger partial charge >= 0.3 is 0 Å². The first-order valence-corrected chi connectivity index (χ1v) is 7.97. The third kappa shape index (κ3) is 6.29. The SMILES string of the molecule is COc1ccccc1OCC(C)CNC(=O)c1ccc(CN)cc1.Cl. The van der Waals surface area contributed by atoms with Gasteiger partial charge in [-0.2, -0.15) is 0 Å². The van der Waals surface area contributed by atoms with Crippen molar-refractivity contribution in [3.63, 3.8) is 0 Å². The topological polar surface area (TPSA) is 73.6 Å². The molecule has 0 saturated carbocycles. The van der Waals surface area contributed by atoms with Crippen molar-refractivity contribution in [3.8, 4) is 11.5 Å². The summed E-state index contributed by atoms with van der Waals surface area (Å²) in [6.07, 6.45) is 0. The highest BCUT2D eigenvalue weighted by atomic mass is 35.5. The number of amides is 1. The van der Waals surface area contributed by atoms with Crippen LogP contribution in [0.1, 0.15) is 22.8 Å². The van der Waals surface area contributed by atoms with E-state index in [4.69, 9.17) is 15.2 Å². The van der Waals surface area contributed by atoms with E-state index in [0.29, 0.717) is 36.8 Å². The monoisotopic (exact) mass is 364 g/mol. The van der Waals surface area contributed by atoms with E-state index >= 15 is 0 Å². The van der Waals surface area contributed by atoms with Crippen LogP contribution in [-0.4, -0.2) is 26.2 Å². The molecule has 3 N–H and O–H groups in total. The average Bonchev–Trinajstić information content (AvgIpc) is 2.64. The lowest BCUT2D eigenvalue weighted by molar-refractivity contribution is 0.0943. The maximum Gasteiger partial charge on any atom is 0.251 e. The molecule has 1 amide bonds. The number of hydrogen-bond acceptors (Lipinski definition) is 4. The van der Waals surface area contributed by atoms with Gasteiger partial charge in [-0.15, -0.1) is 12.4 Å². The van der Waals surface area contributed by atoms with E-state index in [0.717, 1.165) is 5.56 Å². The van der Waals surface area contributed by atoms with Crippen molar-refractivity contribution >= 4 is 18.3 Å². The molecular weight excluding hydrogens is 340 g/mol. The summed E-state index contributed by atoms with van der Waals surface area (Å²) in [5, 5.41) is 2.92. The predicted molar refractivity (Wildman–Crippen MR) is 102 cm³/mol. The Morgan fingerprint density at radius 1 is 1.12 bits per heavy atom. The highest BCUT2D eigenvalue weighted by molar-refractivity contribution is 5.94. The van der Waals surface area contributed by atoms with Crippen LogP contribution in [0, 0.1) is 5.92 Å². The third-order valence-corrected chi connectivity index (χ3v) is 3.66. The lowest BCUT2D eigenvalue weighted by atomic mass is 10.1. The highest BCUT2D eigenvalue weighted by Gasteiger charge is 2.10. The number of para-hydroxylation sites is 2. The average molecular weight is 365 g/mol. The number of nitrogens with two attached hydrogens (primary N) is 1. The fraction of sp³-hybridized carbons (Fsp3) is 0.316. The minimum atomic E-state index is -0.0947. The summed E-state index contributed by atoms with van der Waals surface area (Å²) >= 11 is 0. The normalized spacial score (nSPS) is 11.2. The molecule has 2 aromatic rings. The van der Waals surface area contributed by atoms with Crippen LogP contribution in [0.3, 0.4) is 0 Å². The van der Waals surface area contributed by atoms with E-state index in [-0.39, 0.29) is 24.2 Å². The lowest BCUT2D eigenvalue weighted by Gasteiger charge is -2.15. The number of carbonyl (C=O) groups is 1. The quantitative estimate of drug-likeness (QED) is 0.755. The van der Waals surface area contributed by atoms with Gasteiger partial charge in [0.25, 0.3) is 5.91 Å². The van der Waals surface area contributed by atoms with Crippen molar-refractivity contribution in [2.75, 3.05) is 20.3 Å². The Bertz CT molecular complexity index is 662. The summed E-state index contributed by atoms with van der Waals surface area (Å²) in [4.78, 5) is 12.1. The molecule has 6 heteroatoms. The number of halogens is 1. The van der Waals surface area contributed by atoms with E-state index in [1.54, 1.807) is 19.2 Å². The first-order chi connectivity index (χ1) is 11.6. The summed E-state index contributed by atoms with van der Waals surface area (Å²) in [5.41, 5.74) is 7.19. The number of rotatable bonds is 8. The van der Waals surface area contributed by atoms with Crippen molar-refractivity contribution in [1.82, 2.24) is 5.32 Å². The van der Waals surface area contributed by atoms with Crippen molar-refractivity contribution < 1.29 is 14.3 Å². The molecule has 136 valence electrons. The molecule has 0 spiro atoms. The zero-order valence-electron chi connectivity index (χ0n) is 14.5. The largest absolute Gasteiger partial charge is 0.493 e. The molecule has 1 unspecified atom stereocenters. The summed E-state index contributed by atoms with van der Waals surface area (Å²) < 4.78 is 11.0. The van der Waals surface area contributed by atoms with Crippen LogP contribution < -0.4 is 20.5 Å². The van der Waals surface area contributed by atoms with E-state index in [1.165, 1.54) is 0 Å². The van der Waals surface area contributed by atoms with Crippen LogP contribution in [0.5, 0.6) is 11.5 Å². The van der Waals surface area contributed by atoms with Crippen molar-refractivity contribution in [3.05, 3.63) is 59.7 Å². The lowest BCUT2D eigenvalue weighted by Crippen LogP contribution is -2.30. The molecule has 0 aliphatic heterocycles. The zero-order chi connectivity index (χ0) is 17.4. The molecule has 25 heavy (non-hydrogen) atoms. The Labute approximate surface area is 154 Å². The third-order valence-electron chi connectivity index (χ3n) is 3.66. The number of carbonyl (C=O) groups excluding carboxylic acids is 1. The van der Waals surface area contributed by atoms with Crippen LogP contribution in [0.25, 0.3) is 0 Å². The standard InChI is InChI=1S/C19H24N2O3.ClH/c1-14(13-24-18-6-4-3-5-17(18)23-2)12-21-19(22)16-9-7-15(11-20)8-10-16;/h3-10,14H,11-13,20H2,1-2H3,(H,21,22);1H. The van der Waals surface area contributed by atoms with E-state index in [9.17, 15) is 4.79 Å². The maximum atomic E-state index is 12.1. The molecule has 0 saturated heterocycles. The van der Waals surface area contributed by atoms with Gasteiger partial charge in [-0.1, -0.05) is 31.2 Å². The number of benzene rings is 2. The van der Waals surface area contributed by atoms with Crippen LogP contribution in [-0.2, 0) is 6.54 Å². The first kappa shape index (κ1) is 20.8. The predicted octanol–water partition coefficient (Wildman–Crippen LogP) is 3.02. The van der Waals surface area contributed by atoms with Crippen molar-refractivity contribution in [1.29, 1.82) is 0 Å². The van der Waals surface area contributed by atoms with Crippen LogP contribution in [0.4, 0.5) is 0 Å². The molecule has 0 aliphatic carbocycles. The van der Waals surface area contributed by atoms with E-state index < -0.39 is 0 Å². The van der Waals surface area contributed by atoms with Crippen LogP contribution >= 0.6 is 12.4 Å². The van der Waals surface area contributed by atoms with Crippen LogP contribution in [0.15, 0.2) is 48.5 Å². The Kier molecular flexibility index (Phi) is 8.81. The molecule has 0 radical (unpaired) electrons.